The summed E-state index contributed by atoms with van der Waals surface area (Å²) in [7, 11) is 0. The van der Waals surface area contributed by atoms with Crippen LogP contribution in [-0.4, -0.2) is 53.4 Å². The van der Waals surface area contributed by atoms with Gasteiger partial charge >= 0.3 is 0 Å². The molecule has 0 unspecified atom stereocenters. The molecule has 1 saturated heterocycles. The van der Waals surface area contributed by atoms with Gasteiger partial charge in [-0.1, -0.05) is 40.9 Å². The summed E-state index contributed by atoms with van der Waals surface area (Å²) in [5, 5.41) is 4.70. The second-order valence-corrected chi connectivity index (χ2v) is 7.41. The summed E-state index contributed by atoms with van der Waals surface area (Å²) in [6, 6.07) is 8.94. The quantitative estimate of drug-likeness (QED) is 0.810. The molecule has 0 aliphatic carbocycles. The number of amides is 1. The molecule has 0 bridgehead atoms. The number of benzene rings is 1. The largest absolute Gasteiger partial charge is 0.310 e. The molecule has 1 N–H and O–H groups in total. The van der Waals surface area contributed by atoms with Crippen molar-refractivity contribution >= 4 is 46.5 Å². The predicted octanol–water partition coefficient (Wildman–Crippen LogP) is 3.80. The van der Waals surface area contributed by atoms with Gasteiger partial charge in [-0.2, -0.15) is 0 Å². The lowest BCUT2D eigenvalue weighted by molar-refractivity contribution is -0.117. The van der Waals surface area contributed by atoms with Crippen molar-refractivity contribution in [1.29, 1.82) is 0 Å². The molecule has 1 aromatic carbocycles. The van der Waals surface area contributed by atoms with Gasteiger partial charge in [-0.15, -0.1) is 0 Å². The molecule has 8 heteroatoms. The minimum absolute atomic E-state index is 0.0811. The number of pyridine rings is 1. The lowest BCUT2D eigenvalue weighted by atomic mass is 10.2. The molecular formula is C18H19Cl3N4O. The third-order valence-electron chi connectivity index (χ3n) is 4.27. The molecule has 0 spiro atoms. The Balaban J connectivity index is 1.46. The molecule has 1 aliphatic rings. The van der Waals surface area contributed by atoms with Crippen molar-refractivity contribution in [2.45, 2.75) is 6.54 Å². The predicted molar refractivity (Wildman–Crippen MR) is 106 cm³/mol. The second-order valence-electron chi connectivity index (χ2n) is 6.16. The van der Waals surface area contributed by atoms with Crippen LogP contribution in [0.1, 0.15) is 5.56 Å². The van der Waals surface area contributed by atoms with Crippen molar-refractivity contribution in [3.05, 3.63) is 57.2 Å². The Morgan fingerprint density at radius 2 is 1.65 bits per heavy atom. The molecule has 0 radical (unpaired) electrons. The number of anilines is 1. The highest BCUT2D eigenvalue weighted by Crippen LogP contribution is 2.26. The van der Waals surface area contributed by atoms with Gasteiger partial charge in [0.2, 0.25) is 5.91 Å². The third kappa shape index (κ3) is 5.32. The van der Waals surface area contributed by atoms with E-state index in [-0.39, 0.29) is 5.91 Å². The number of hydrogen-bond acceptors (Lipinski definition) is 4. The standard InChI is InChI=1S/C18H19Cl3N4O/c19-13-4-5-17(22-10-13)23-18(26)12-25-8-6-24(7-9-25)11-14-15(20)2-1-3-16(14)21/h1-5,10H,6-9,11-12H2,(H,22,23,26). The molecule has 1 aromatic heterocycles. The van der Waals surface area contributed by atoms with E-state index in [9.17, 15) is 4.79 Å². The second kappa shape index (κ2) is 9.02. The van der Waals surface area contributed by atoms with Gasteiger partial charge in [0.25, 0.3) is 0 Å². The number of aromatic nitrogens is 1. The van der Waals surface area contributed by atoms with Crippen molar-refractivity contribution in [3.8, 4) is 0 Å². The van der Waals surface area contributed by atoms with Crippen LogP contribution in [0, 0.1) is 0 Å². The van der Waals surface area contributed by atoms with Gasteiger partial charge in [0.1, 0.15) is 5.82 Å². The highest BCUT2D eigenvalue weighted by Gasteiger charge is 2.20. The summed E-state index contributed by atoms with van der Waals surface area (Å²) < 4.78 is 0. The van der Waals surface area contributed by atoms with E-state index in [0.717, 1.165) is 31.7 Å². The van der Waals surface area contributed by atoms with Crippen molar-refractivity contribution in [3.63, 3.8) is 0 Å². The molecule has 2 heterocycles. The molecule has 1 amide bonds. The Morgan fingerprint density at radius 3 is 2.27 bits per heavy atom. The minimum atomic E-state index is -0.0811. The summed E-state index contributed by atoms with van der Waals surface area (Å²) in [5.74, 6) is 0.425. The fourth-order valence-corrected chi connectivity index (χ4v) is 3.48. The Hall–Kier alpha value is -1.37. The maximum absolute atomic E-state index is 12.2. The van der Waals surface area contributed by atoms with Crippen LogP contribution >= 0.6 is 34.8 Å². The van der Waals surface area contributed by atoms with Crippen LogP contribution in [0.4, 0.5) is 5.82 Å². The first-order chi connectivity index (χ1) is 12.5. The van der Waals surface area contributed by atoms with Crippen LogP contribution < -0.4 is 5.32 Å². The summed E-state index contributed by atoms with van der Waals surface area (Å²) in [6.07, 6.45) is 1.51. The van der Waals surface area contributed by atoms with Crippen molar-refractivity contribution < 1.29 is 4.79 Å². The Labute approximate surface area is 167 Å². The Kier molecular flexibility index (Phi) is 6.73. The smallest absolute Gasteiger partial charge is 0.239 e. The minimum Gasteiger partial charge on any atom is -0.310 e. The van der Waals surface area contributed by atoms with Crippen molar-refractivity contribution in [2.75, 3.05) is 38.0 Å². The summed E-state index contributed by atoms with van der Waals surface area (Å²) >= 11 is 18.3. The number of carbonyl (C=O) groups is 1. The number of hydrogen-bond donors (Lipinski definition) is 1. The summed E-state index contributed by atoms with van der Waals surface area (Å²) in [4.78, 5) is 20.6. The highest BCUT2D eigenvalue weighted by atomic mass is 35.5. The number of nitrogens with zero attached hydrogens (tertiary/aromatic N) is 3. The van der Waals surface area contributed by atoms with Gasteiger partial charge in [-0.05, 0) is 24.3 Å². The average Bonchev–Trinajstić information content (AvgIpc) is 2.62. The van der Waals surface area contributed by atoms with E-state index in [0.29, 0.717) is 34.0 Å². The van der Waals surface area contributed by atoms with Crippen molar-refractivity contribution in [1.82, 2.24) is 14.8 Å². The topological polar surface area (TPSA) is 48.5 Å². The first-order valence-corrected chi connectivity index (χ1v) is 9.43. The van der Waals surface area contributed by atoms with Crippen LogP contribution in [-0.2, 0) is 11.3 Å². The number of carbonyl (C=O) groups excluding carboxylic acids is 1. The summed E-state index contributed by atoms with van der Waals surface area (Å²) in [6.45, 7) is 4.38. The fraction of sp³-hybridized carbons (Fsp3) is 0.333. The van der Waals surface area contributed by atoms with Gasteiger partial charge in [-0.25, -0.2) is 4.98 Å². The number of nitrogens with one attached hydrogen (secondary N) is 1. The van der Waals surface area contributed by atoms with Gasteiger partial charge < -0.3 is 5.32 Å². The molecule has 138 valence electrons. The molecular weight excluding hydrogens is 395 g/mol. The maximum Gasteiger partial charge on any atom is 0.239 e. The normalized spacial score (nSPS) is 15.8. The molecule has 0 saturated carbocycles. The van der Waals surface area contributed by atoms with Crippen LogP contribution in [0.2, 0.25) is 15.1 Å². The van der Waals surface area contributed by atoms with E-state index in [1.807, 2.05) is 18.2 Å². The first-order valence-electron chi connectivity index (χ1n) is 8.30. The number of piperazine rings is 1. The van der Waals surface area contributed by atoms with Gasteiger partial charge in [-0.3, -0.25) is 14.6 Å². The Bertz CT molecular complexity index is 741. The van der Waals surface area contributed by atoms with Gasteiger partial charge in [0, 0.05) is 54.5 Å². The Morgan fingerprint density at radius 1 is 1.00 bits per heavy atom. The molecule has 5 nitrogen and oxygen atoms in total. The lowest BCUT2D eigenvalue weighted by Gasteiger charge is -2.34. The average molecular weight is 414 g/mol. The first kappa shape index (κ1) is 19.4. The molecule has 2 aromatic rings. The molecule has 1 aliphatic heterocycles. The van der Waals surface area contributed by atoms with Crippen molar-refractivity contribution in [2.24, 2.45) is 0 Å². The van der Waals surface area contributed by atoms with Crippen LogP contribution in [0.3, 0.4) is 0 Å². The van der Waals surface area contributed by atoms with Crippen LogP contribution in [0.15, 0.2) is 36.5 Å². The monoisotopic (exact) mass is 412 g/mol. The SMILES string of the molecule is O=C(CN1CCN(Cc2c(Cl)cccc2Cl)CC1)Nc1ccc(Cl)cn1. The zero-order valence-corrected chi connectivity index (χ0v) is 16.4. The maximum atomic E-state index is 12.2. The fourth-order valence-electron chi connectivity index (χ4n) is 2.85. The molecule has 3 rings (SSSR count). The number of rotatable bonds is 5. The van der Waals surface area contributed by atoms with Gasteiger partial charge in [0.05, 0.1) is 11.6 Å². The van der Waals surface area contributed by atoms with E-state index in [2.05, 4.69) is 20.1 Å². The van der Waals surface area contributed by atoms with Gasteiger partial charge in [0.15, 0.2) is 0 Å². The van der Waals surface area contributed by atoms with E-state index >= 15 is 0 Å². The van der Waals surface area contributed by atoms with E-state index in [4.69, 9.17) is 34.8 Å². The molecule has 1 fully saturated rings. The van der Waals surface area contributed by atoms with E-state index in [1.54, 1.807) is 12.1 Å². The molecule has 0 atom stereocenters. The van der Waals surface area contributed by atoms with Crippen LogP contribution in [0.25, 0.3) is 0 Å². The third-order valence-corrected chi connectivity index (χ3v) is 5.20. The van der Waals surface area contributed by atoms with E-state index in [1.165, 1.54) is 6.20 Å². The van der Waals surface area contributed by atoms with Crippen LogP contribution in [0.5, 0.6) is 0 Å². The summed E-state index contributed by atoms with van der Waals surface area (Å²) in [5.41, 5.74) is 0.954. The number of halogens is 3. The zero-order valence-electron chi connectivity index (χ0n) is 14.1. The lowest BCUT2D eigenvalue weighted by Crippen LogP contribution is -2.48. The molecule has 26 heavy (non-hydrogen) atoms. The zero-order chi connectivity index (χ0) is 18.5. The van der Waals surface area contributed by atoms with E-state index < -0.39 is 0 Å². The highest BCUT2D eigenvalue weighted by molar-refractivity contribution is 6.36.